The van der Waals surface area contributed by atoms with Gasteiger partial charge in [-0.15, -0.1) is 10.2 Å². The van der Waals surface area contributed by atoms with E-state index in [-0.39, 0.29) is 5.91 Å². The molecule has 0 spiro atoms. The lowest BCUT2D eigenvalue weighted by atomic mass is 10.5. The number of aromatic nitrogens is 2. The number of hydrogen-bond acceptors (Lipinski definition) is 4. The molecule has 0 aliphatic heterocycles. The largest absolute Gasteiger partial charge is 0.301 e. The molecule has 0 bridgehead atoms. The van der Waals surface area contributed by atoms with Crippen LogP contribution in [0.2, 0.25) is 0 Å². The monoisotopic (exact) mass is 201 g/mol. The molecule has 1 aromatic heterocycles. The normalized spacial score (nSPS) is 8.62. The Hall–Kier alpha value is -0.970. The van der Waals surface area contributed by atoms with Crippen LogP contribution < -0.4 is 5.32 Å². The Morgan fingerprint density at radius 2 is 2.08 bits per heavy atom. The summed E-state index contributed by atoms with van der Waals surface area (Å²) in [5.74, 6) is -0.108. The summed E-state index contributed by atoms with van der Waals surface area (Å²) in [6.07, 6.45) is 0.858. The van der Waals surface area contributed by atoms with Crippen LogP contribution in [0.15, 0.2) is 0 Å². The molecule has 0 aliphatic rings. The highest BCUT2D eigenvalue weighted by Crippen LogP contribution is 2.14. The third kappa shape index (κ3) is 4.57. The Morgan fingerprint density at radius 3 is 2.46 bits per heavy atom. The fourth-order valence-corrected chi connectivity index (χ4v) is 1.32. The lowest BCUT2D eigenvalue weighted by molar-refractivity contribution is -0.114. The van der Waals surface area contributed by atoms with E-state index in [4.69, 9.17) is 0 Å². The summed E-state index contributed by atoms with van der Waals surface area (Å²) in [5, 5.41) is 11.7. The Kier molecular flexibility index (Phi) is 6.05. The van der Waals surface area contributed by atoms with E-state index in [1.807, 2.05) is 20.8 Å². The molecule has 0 atom stereocenters. The van der Waals surface area contributed by atoms with Crippen LogP contribution in [0.4, 0.5) is 5.13 Å². The van der Waals surface area contributed by atoms with Crippen molar-refractivity contribution in [1.29, 1.82) is 0 Å². The molecule has 4 nitrogen and oxygen atoms in total. The maximum absolute atomic E-state index is 10.5. The number of nitrogens with zero attached hydrogens (tertiary/aromatic N) is 2. The second kappa shape index (κ2) is 6.54. The predicted octanol–water partition coefficient (Wildman–Crippen LogP) is 2.09. The Balaban J connectivity index is 0.000000671. The first-order chi connectivity index (χ1) is 6.22. The molecule has 0 unspecified atom stereocenters. The summed E-state index contributed by atoms with van der Waals surface area (Å²) in [6.45, 7) is 7.45. The van der Waals surface area contributed by atoms with Gasteiger partial charge in [-0.25, -0.2) is 0 Å². The molecule has 1 rings (SSSR count). The predicted molar refractivity (Wildman–Crippen MR) is 54.9 cm³/mol. The van der Waals surface area contributed by atoms with Crippen molar-refractivity contribution in [3.63, 3.8) is 0 Å². The quantitative estimate of drug-likeness (QED) is 0.797. The van der Waals surface area contributed by atoms with Gasteiger partial charge < -0.3 is 5.32 Å². The zero-order valence-corrected chi connectivity index (χ0v) is 9.23. The summed E-state index contributed by atoms with van der Waals surface area (Å²) in [6, 6.07) is 0. The van der Waals surface area contributed by atoms with Gasteiger partial charge in [-0.1, -0.05) is 32.1 Å². The molecule has 1 N–H and O–H groups in total. The molecule has 0 saturated carbocycles. The molecule has 0 radical (unpaired) electrons. The highest BCUT2D eigenvalue weighted by molar-refractivity contribution is 7.15. The molecule has 1 heterocycles. The lowest BCUT2D eigenvalue weighted by Crippen LogP contribution is -2.04. The van der Waals surface area contributed by atoms with E-state index in [0.717, 1.165) is 11.4 Å². The number of rotatable bonds is 2. The van der Waals surface area contributed by atoms with E-state index >= 15 is 0 Å². The SMILES string of the molecule is CC.CCc1nnc(NC(C)=O)s1. The fraction of sp³-hybridized carbons (Fsp3) is 0.625. The smallest absolute Gasteiger partial charge is 0.223 e. The Morgan fingerprint density at radius 1 is 1.46 bits per heavy atom. The maximum Gasteiger partial charge on any atom is 0.223 e. The number of nitrogens with one attached hydrogen (secondary N) is 1. The fourth-order valence-electron chi connectivity index (χ4n) is 0.598. The molecule has 0 fully saturated rings. The van der Waals surface area contributed by atoms with Crippen LogP contribution in [0.3, 0.4) is 0 Å². The van der Waals surface area contributed by atoms with Gasteiger partial charge >= 0.3 is 0 Å². The van der Waals surface area contributed by atoms with Gasteiger partial charge in [0, 0.05) is 6.92 Å². The van der Waals surface area contributed by atoms with E-state index in [1.54, 1.807) is 0 Å². The standard InChI is InChI=1S/C6H9N3OS.C2H6/c1-3-5-8-9-6(11-5)7-4(2)10;1-2/h3H2,1-2H3,(H,7,9,10);1-2H3. The third-order valence-corrected chi connectivity index (χ3v) is 2.04. The van der Waals surface area contributed by atoms with Crippen LogP contribution in [-0.4, -0.2) is 16.1 Å². The van der Waals surface area contributed by atoms with Crippen molar-refractivity contribution in [2.24, 2.45) is 0 Å². The molecule has 74 valence electrons. The number of anilines is 1. The van der Waals surface area contributed by atoms with Gasteiger partial charge in [0.1, 0.15) is 5.01 Å². The molecule has 1 aromatic rings. The molecule has 13 heavy (non-hydrogen) atoms. The Bertz CT molecular complexity index is 260. The molecule has 0 aliphatic carbocycles. The summed E-state index contributed by atoms with van der Waals surface area (Å²) < 4.78 is 0. The van der Waals surface area contributed by atoms with E-state index < -0.39 is 0 Å². The molecule has 0 saturated heterocycles. The van der Waals surface area contributed by atoms with Gasteiger partial charge in [-0.2, -0.15) is 0 Å². The van der Waals surface area contributed by atoms with E-state index in [0.29, 0.717) is 5.13 Å². The van der Waals surface area contributed by atoms with E-state index in [9.17, 15) is 4.79 Å². The van der Waals surface area contributed by atoms with Crippen LogP contribution in [-0.2, 0) is 11.2 Å². The second-order valence-corrected chi connectivity index (χ2v) is 3.10. The van der Waals surface area contributed by atoms with Gasteiger partial charge in [0.15, 0.2) is 0 Å². The van der Waals surface area contributed by atoms with E-state index in [2.05, 4.69) is 15.5 Å². The summed E-state index contributed by atoms with van der Waals surface area (Å²) in [5.41, 5.74) is 0. The van der Waals surface area contributed by atoms with Crippen molar-refractivity contribution < 1.29 is 4.79 Å². The lowest BCUT2D eigenvalue weighted by Gasteiger charge is -1.90. The summed E-state index contributed by atoms with van der Waals surface area (Å²) in [7, 11) is 0. The minimum Gasteiger partial charge on any atom is -0.301 e. The number of aryl methyl sites for hydroxylation is 1. The van der Waals surface area contributed by atoms with Crippen molar-refractivity contribution in [3.05, 3.63) is 5.01 Å². The van der Waals surface area contributed by atoms with Gasteiger partial charge in [0.05, 0.1) is 0 Å². The van der Waals surface area contributed by atoms with Crippen molar-refractivity contribution in [2.45, 2.75) is 34.1 Å². The van der Waals surface area contributed by atoms with Crippen LogP contribution in [0.1, 0.15) is 32.7 Å². The second-order valence-electron chi connectivity index (χ2n) is 2.04. The average Bonchev–Trinajstić information content (AvgIpc) is 2.55. The van der Waals surface area contributed by atoms with Crippen LogP contribution >= 0.6 is 11.3 Å². The average molecular weight is 201 g/mol. The zero-order valence-electron chi connectivity index (χ0n) is 8.42. The molecule has 5 heteroatoms. The number of carbonyl (C=O) groups excluding carboxylic acids is 1. The number of carbonyl (C=O) groups is 1. The van der Waals surface area contributed by atoms with Crippen LogP contribution in [0, 0.1) is 0 Å². The van der Waals surface area contributed by atoms with Gasteiger partial charge in [0.25, 0.3) is 0 Å². The van der Waals surface area contributed by atoms with E-state index in [1.165, 1.54) is 18.3 Å². The van der Waals surface area contributed by atoms with Crippen LogP contribution in [0.5, 0.6) is 0 Å². The summed E-state index contributed by atoms with van der Waals surface area (Å²) in [4.78, 5) is 10.5. The van der Waals surface area contributed by atoms with Gasteiger partial charge in [0.2, 0.25) is 11.0 Å². The van der Waals surface area contributed by atoms with Crippen molar-refractivity contribution >= 4 is 22.4 Å². The van der Waals surface area contributed by atoms with Gasteiger partial charge in [-0.3, -0.25) is 4.79 Å². The minimum atomic E-state index is -0.108. The minimum absolute atomic E-state index is 0.108. The highest BCUT2D eigenvalue weighted by atomic mass is 32.1. The van der Waals surface area contributed by atoms with Crippen molar-refractivity contribution in [3.8, 4) is 0 Å². The maximum atomic E-state index is 10.5. The summed E-state index contributed by atoms with van der Waals surface area (Å²) >= 11 is 1.41. The van der Waals surface area contributed by atoms with Crippen molar-refractivity contribution in [2.75, 3.05) is 5.32 Å². The van der Waals surface area contributed by atoms with Crippen molar-refractivity contribution in [1.82, 2.24) is 10.2 Å². The first-order valence-corrected chi connectivity index (χ1v) is 5.14. The molecule has 0 aromatic carbocycles. The van der Waals surface area contributed by atoms with Crippen LogP contribution in [0.25, 0.3) is 0 Å². The molecule has 1 amide bonds. The first kappa shape index (κ1) is 12.0. The topological polar surface area (TPSA) is 54.9 Å². The van der Waals surface area contributed by atoms with Gasteiger partial charge in [-0.05, 0) is 6.42 Å². The molecular weight excluding hydrogens is 186 g/mol. The highest BCUT2D eigenvalue weighted by Gasteiger charge is 2.01. The first-order valence-electron chi connectivity index (χ1n) is 4.32. The zero-order chi connectivity index (χ0) is 10.3. The third-order valence-electron chi connectivity index (χ3n) is 1.05. The number of amides is 1. The molecular formula is C8H15N3OS. The Labute approximate surface area is 82.4 Å². The number of hydrogen-bond donors (Lipinski definition) is 1.